The molecular weight excluding hydrogens is 291 g/mol. The van der Waals surface area contributed by atoms with Crippen molar-refractivity contribution in [3.63, 3.8) is 0 Å². The number of esters is 1. The summed E-state index contributed by atoms with van der Waals surface area (Å²) in [4.78, 5) is 10.3. The summed E-state index contributed by atoms with van der Waals surface area (Å²) in [6.07, 6.45) is 2.33. The Bertz CT molecular complexity index is 636. The van der Waals surface area contributed by atoms with Crippen LogP contribution in [0.5, 0.6) is 11.5 Å². The normalized spacial score (nSPS) is 11.4. The van der Waals surface area contributed by atoms with Crippen LogP contribution in [0.3, 0.4) is 0 Å². The Morgan fingerprint density at radius 2 is 1.85 bits per heavy atom. The third-order valence-electron chi connectivity index (χ3n) is 2.34. The number of benzene rings is 1. The van der Waals surface area contributed by atoms with Gasteiger partial charge in [-0.25, -0.2) is 4.79 Å². The molecule has 0 fully saturated rings. The summed E-state index contributed by atoms with van der Waals surface area (Å²) in [6, 6.07) is 2.42. The van der Waals surface area contributed by atoms with E-state index >= 15 is 0 Å². The van der Waals surface area contributed by atoms with E-state index in [4.69, 9.17) is 9.47 Å². The van der Waals surface area contributed by atoms with Gasteiger partial charge in [-0.1, -0.05) is 0 Å². The Balaban J connectivity index is 3.44. The fourth-order valence-corrected chi connectivity index (χ4v) is 2.14. The van der Waals surface area contributed by atoms with E-state index in [-0.39, 0.29) is 17.1 Å². The average molecular weight is 304 g/mol. The van der Waals surface area contributed by atoms with E-state index in [0.29, 0.717) is 0 Å². The molecule has 8 heteroatoms. The molecule has 20 heavy (non-hydrogen) atoms. The summed E-state index contributed by atoms with van der Waals surface area (Å²) in [5.74, 6) is -0.856. The van der Waals surface area contributed by atoms with E-state index in [1.165, 1.54) is 33.5 Å². The molecular formula is C12H13FO6S. The van der Waals surface area contributed by atoms with Gasteiger partial charge in [0, 0.05) is 6.08 Å². The van der Waals surface area contributed by atoms with Gasteiger partial charge in [-0.2, -0.15) is 8.42 Å². The number of methoxy groups -OCH3 is 3. The smallest absolute Gasteiger partial charge is 0.335 e. The molecule has 0 bridgehead atoms. The third kappa shape index (κ3) is 3.70. The van der Waals surface area contributed by atoms with E-state index in [1.807, 2.05) is 0 Å². The van der Waals surface area contributed by atoms with E-state index in [0.717, 1.165) is 12.1 Å². The van der Waals surface area contributed by atoms with Gasteiger partial charge in [0.2, 0.25) is 0 Å². The number of carbonyl (C=O) groups is 1. The monoisotopic (exact) mass is 304 g/mol. The van der Waals surface area contributed by atoms with Crippen molar-refractivity contribution < 1.29 is 31.3 Å². The highest BCUT2D eigenvalue weighted by Crippen LogP contribution is 2.36. The first-order chi connectivity index (χ1) is 9.33. The van der Waals surface area contributed by atoms with Crippen LogP contribution in [0.4, 0.5) is 3.89 Å². The van der Waals surface area contributed by atoms with Crippen LogP contribution in [0, 0.1) is 0 Å². The summed E-state index contributed by atoms with van der Waals surface area (Å²) < 4.78 is 49.6. The average Bonchev–Trinajstić information content (AvgIpc) is 2.42. The van der Waals surface area contributed by atoms with Crippen LogP contribution >= 0.6 is 0 Å². The number of rotatable bonds is 5. The van der Waals surface area contributed by atoms with E-state index < -0.39 is 21.1 Å². The first-order valence-corrected chi connectivity index (χ1v) is 6.68. The Hall–Kier alpha value is -2.09. The van der Waals surface area contributed by atoms with Gasteiger partial charge in [0.25, 0.3) is 0 Å². The lowest BCUT2D eigenvalue weighted by Gasteiger charge is -2.11. The number of ether oxygens (including phenoxy) is 3. The Morgan fingerprint density at radius 3 is 2.30 bits per heavy atom. The number of hydrogen-bond donors (Lipinski definition) is 0. The second-order valence-corrected chi connectivity index (χ2v) is 4.86. The second-order valence-electron chi connectivity index (χ2n) is 3.55. The van der Waals surface area contributed by atoms with Crippen LogP contribution in [-0.4, -0.2) is 35.7 Å². The molecule has 0 radical (unpaired) electrons. The van der Waals surface area contributed by atoms with Crippen LogP contribution in [0.15, 0.2) is 23.1 Å². The predicted molar refractivity (Wildman–Crippen MR) is 68.9 cm³/mol. The second kappa shape index (κ2) is 6.38. The lowest BCUT2D eigenvalue weighted by Crippen LogP contribution is -2.01. The molecule has 6 nitrogen and oxygen atoms in total. The Kier molecular flexibility index (Phi) is 5.09. The van der Waals surface area contributed by atoms with Gasteiger partial charge in [-0.05, 0) is 23.8 Å². The van der Waals surface area contributed by atoms with Crippen molar-refractivity contribution in [2.45, 2.75) is 4.90 Å². The van der Waals surface area contributed by atoms with Crippen molar-refractivity contribution in [2.75, 3.05) is 21.3 Å². The predicted octanol–water partition coefficient (Wildman–Crippen LogP) is 1.55. The molecule has 1 aromatic carbocycles. The highest BCUT2D eigenvalue weighted by molar-refractivity contribution is 7.86. The topological polar surface area (TPSA) is 78.9 Å². The zero-order valence-electron chi connectivity index (χ0n) is 11.0. The molecule has 0 atom stereocenters. The lowest BCUT2D eigenvalue weighted by atomic mass is 10.2. The first kappa shape index (κ1) is 16.0. The van der Waals surface area contributed by atoms with E-state index in [2.05, 4.69) is 4.74 Å². The van der Waals surface area contributed by atoms with Crippen molar-refractivity contribution in [1.29, 1.82) is 0 Å². The standard InChI is InChI=1S/C12H13FO6S/c1-17-9-6-8(4-5-11(14)18-2)7-10(12(9)19-3)20(13,15)16/h4-7H,1-3H3/b5-4+. The molecule has 110 valence electrons. The van der Waals surface area contributed by atoms with Gasteiger partial charge in [0.15, 0.2) is 11.5 Å². The number of carbonyl (C=O) groups excluding carboxylic acids is 1. The largest absolute Gasteiger partial charge is 0.493 e. The highest BCUT2D eigenvalue weighted by atomic mass is 32.3. The quantitative estimate of drug-likeness (QED) is 0.466. The minimum Gasteiger partial charge on any atom is -0.493 e. The molecule has 0 aliphatic heterocycles. The molecule has 0 heterocycles. The minimum absolute atomic E-state index is 0.0238. The minimum atomic E-state index is -5.00. The summed E-state index contributed by atoms with van der Waals surface area (Å²) >= 11 is 0. The lowest BCUT2D eigenvalue weighted by molar-refractivity contribution is -0.134. The molecule has 0 N–H and O–H groups in total. The van der Waals surface area contributed by atoms with Crippen LogP contribution < -0.4 is 9.47 Å². The first-order valence-electron chi connectivity index (χ1n) is 5.30. The molecule has 0 aliphatic carbocycles. The molecule has 0 amide bonds. The molecule has 0 saturated heterocycles. The molecule has 0 aliphatic rings. The molecule has 1 aromatic rings. The van der Waals surface area contributed by atoms with Gasteiger partial charge < -0.3 is 14.2 Å². The van der Waals surface area contributed by atoms with E-state index in [9.17, 15) is 17.1 Å². The van der Waals surface area contributed by atoms with Crippen LogP contribution in [0.25, 0.3) is 6.08 Å². The van der Waals surface area contributed by atoms with Gasteiger partial charge >= 0.3 is 16.2 Å². The maximum atomic E-state index is 13.3. The zero-order chi connectivity index (χ0) is 15.3. The fraction of sp³-hybridized carbons (Fsp3) is 0.250. The molecule has 0 saturated carbocycles. The van der Waals surface area contributed by atoms with Gasteiger partial charge in [0.05, 0.1) is 21.3 Å². The SMILES string of the molecule is COC(=O)/C=C/c1cc(OC)c(OC)c(S(=O)(=O)F)c1. The Morgan fingerprint density at radius 1 is 1.20 bits per heavy atom. The summed E-state index contributed by atoms with van der Waals surface area (Å²) in [7, 11) is -1.34. The van der Waals surface area contributed by atoms with Crippen LogP contribution in [0.2, 0.25) is 0 Å². The summed E-state index contributed by atoms with van der Waals surface area (Å²) in [6.45, 7) is 0. The summed E-state index contributed by atoms with van der Waals surface area (Å²) in [5, 5.41) is 0. The molecule has 0 spiro atoms. The molecule has 0 aromatic heterocycles. The van der Waals surface area contributed by atoms with Gasteiger partial charge in [-0.3, -0.25) is 0 Å². The van der Waals surface area contributed by atoms with Gasteiger partial charge in [-0.15, -0.1) is 3.89 Å². The maximum absolute atomic E-state index is 13.3. The zero-order valence-corrected chi connectivity index (χ0v) is 11.9. The fourth-order valence-electron chi connectivity index (χ4n) is 1.46. The molecule has 1 rings (SSSR count). The van der Waals surface area contributed by atoms with E-state index in [1.54, 1.807) is 0 Å². The van der Waals surface area contributed by atoms with Crippen molar-refractivity contribution in [1.82, 2.24) is 0 Å². The van der Waals surface area contributed by atoms with Crippen molar-refractivity contribution in [3.05, 3.63) is 23.8 Å². The van der Waals surface area contributed by atoms with Crippen LogP contribution in [0.1, 0.15) is 5.56 Å². The van der Waals surface area contributed by atoms with Crippen molar-refractivity contribution in [2.24, 2.45) is 0 Å². The number of hydrogen-bond acceptors (Lipinski definition) is 6. The Labute approximate surface area is 116 Å². The molecule has 0 unspecified atom stereocenters. The number of halogens is 1. The van der Waals surface area contributed by atoms with Gasteiger partial charge in [0.1, 0.15) is 4.90 Å². The van der Waals surface area contributed by atoms with Crippen molar-refractivity contribution >= 4 is 22.3 Å². The highest BCUT2D eigenvalue weighted by Gasteiger charge is 2.23. The third-order valence-corrected chi connectivity index (χ3v) is 3.17. The van der Waals surface area contributed by atoms with Crippen LogP contribution in [-0.2, 0) is 19.8 Å². The summed E-state index contributed by atoms with van der Waals surface area (Å²) in [5.41, 5.74) is 0.240. The maximum Gasteiger partial charge on any atom is 0.335 e. The van der Waals surface area contributed by atoms with Crippen molar-refractivity contribution in [3.8, 4) is 11.5 Å².